The Morgan fingerprint density at radius 2 is 1.00 bits per heavy atom. The first-order chi connectivity index (χ1) is 1.00. The van der Waals surface area contributed by atoms with Crippen LogP contribution >= 0.6 is 19.8 Å². The number of hydrogen-bond acceptors (Lipinski definition) is 1. The molecule has 0 aromatic rings. The Kier molecular flexibility index (Phi) is 1200. The van der Waals surface area contributed by atoms with Gasteiger partial charge in [-0.05, 0) is 0 Å². The van der Waals surface area contributed by atoms with Crippen molar-refractivity contribution in [3.05, 3.63) is 7.43 Å². The summed E-state index contributed by atoms with van der Waals surface area (Å²) in [6.07, 6.45) is 0. The van der Waals surface area contributed by atoms with Crippen LogP contribution in [-0.4, -0.2) is 6.79 Å². The van der Waals surface area contributed by atoms with Crippen molar-refractivity contribution in [1.29, 1.82) is 0 Å². The van der Waals surface area contributed by atoms with E-state index in [0.717, 1.165) is 0 Å². The van der Waals surface area contributed by atoms with Gasteiger partial charge in [-0.3, -0.25) is 6.79 Å². The van der Waals surface area contributed by atoms with Gasteiger partial charge >= 0.3 is 19.5 Å². The molecular weight excluding hydrogens is 205 g/mol. The van der Waals surface area contributed by atoms with Crippen LogP contribution in [-0.2, 0) is 24.3 Å². The third-order valence-electron chi connectivity index (χ3n) is 0. The number of rotatable bonds is 0. The molecule has 0 rings (SSSR count). The molecule has 0 aromatic heterocycles. The van der Waals surface area contributed by atoms with Crippen molar-refractivity contribution >= 4 is 26.6 Å². The molecule has 6 heavy (non-hydrogen) atoms. The van der Waals surface area contributed by atoms with Crippen molar-refractivity contribution < 1.29 is 24.3 Å². The fraction of sp³-hybridized carbons (Fsp3) is 0. The zero-order valence-corrected chi connectivity index (χ0v) is 8.32. The molecule has 0 bridgehead atoms. The predicted molar refractivity (Wildman–Crippen MR) is 36.8 cm³/mol. The topological polar surface area (TPSA) is 17.1 Å². The minimum atomic E-state index is 0. The van der Waals surface area contributed by atoms with Gasteiger partial charge in [0.05, 0.1) is 0 Å². The molecule has 4 heteroatoms. The summed E-state index contributed by atoms with van der Waals surface area (Å²) in [6.45, 7) is 3.25. The van der Waals surface area contributed by atoms with Gasteiger partial charge in [0.15, 0.2) is 0 Å². The van der Waals surface area contributed by atoms with Crippen LogP contribution in [0, 0.1) is 7.43 Å². The van der Waals surface area contributed by atoms with E-state index >= 15 is 0 Å². The average Bonchev–Trinajstić information content (AvgIpc) is 1.00. The van der Waals surface area contributed by atoms with Gasteiger partial charge in [-0.2, -0.15) is 19.8 Å². The van der Waals surface area contributed by atoms with Gasteiger partial charge in [0.1, 0.15) is 0 Å². The van der Waals surface area contributed by atoms with E-state index in [1.54, 1.807) is 0 Å². The Morgan fingerprint density at radius 3 is 1.00 bits per heavy atom. The van der Waals surface area contributed by atoms with Gasteiger partial charge in [0.2, 0.25) is 0 Å². The number of carbonyl (C=O) groups excluding carboxylic acids is 1. The third kappa shape index (κ3) is 66.8. The first-order valence-corrected chi connectivity index (χ1v) is 0.236. The molecule has 1 nitrogen and oxygen atoms in total. The normalized spacial score (nSPS) is 0.667. The molecule has 0 fully saturated rings. The predicted octanol–water partition coefficient (Wildman–Crippen LogP) is 0.0222. The van der Waals surface area contributed by atoms with Gasteiger partial charge in [-0.25, -0.2) is 0 Å². The summed E-state index contributed by atoms with van der Waals surface area (Å²) in [5.41, 5.74) is 0. The first-order valence-electron chi connectivity index (χ1n) is 0.236. The van der Waals surface area contributed by atoms with Gasteiger partial charge < -0.3 is 12.2 Å². The summed E-state index contributed by atoms with van der Waals surface area (Å²) < 4.78 is 0. The Balaban J connectivity index is -0.000000000833. The fourth-order valence-corrected chi connectivity index (χ4v) is 0. The summed E-state index contributed by atoms with van der Waals surface area (Å²) in [5.74, 6) is 0. The van der Waals surface area contributed by atoms with E-state index in [1.165, 1.54) is 0 Å². The summed E-state index contributed by atoms with van der Waals surface area (Å²) in [4.78, 5) is 7.75. The molecule has 1 radical (unpaired) electrons. The minimum absolute atomic E-state index is 0. The molecule has 0 aliphatic heterocycles. The van der Waals surface area contributed by atoms with Crippen LogP contribution in [0.4, 0.5) is 0 Å². The van der Waals surface area contributed by atoms with Crippen molar-refractivity contribution in [2.75, 3.05) is 0 Å². The Bertz CT molecular complexity index is 11.5. The third-order valence-corrected chi connectivity index (χ3v) is 0. The second kappa shape index (κ2) is 123. The van der Waals surface area contributed by atoms with Gasteiger partial charge in [0.25, 0.3) is 0 Å². The van der Waals surface area contributed by atoms with Crippen molar-refractivity contribution in [3.63, 3.8) is 0 Å². The SMILES string of the molecule is P.P.[CH-]=O.[CH3-].[RhH+2]. The molecule has 0 amide bonds. The average molecular weight is 216 g/mol. The van der Waals surface area contributed by atoms with E-state index in [0.29, 0.717) is 0 Å². The molecule has 44 valence electrons. The van der Waals surface area contributed by atoms with Crippen LogP contribution in [0.15, 0.2) is 0 Å². The summed E-state index contributed by atoms with van der Waals surface area (Å²) in [7, 11) is 0. The van der Waals surface area contributed by atoms with Crippen LogP contribution in [0.1, 0.15) is 0 Å². The maximum atomic E-state index is 7.75. The second-order valence-electron chi connectivity index (χ2n) is 0. The van der Waals surface area contributed by atoms with Gasteiger partial charge in [-0.1, -0.05) is 0 Å². The standard InChI is InChI=1S/CHO.CH3.2H3P.Rh.H/c1-2;;;;;/h1H;3*1H3;;/q2*-1;;;+2;. The maximum absolute atomic E-state index is 7.75. The van der Waals surface area contributed by atoms with Crippen LogP contribution in [0.5, 0.6) is 0 Å². The second-order valence-corrected chi connectivity index (χ2v) is 0. The zero-order valence-electron chi connectivity index (χ0n) is 3.75. The fourth-order valence-electron chi connectivity index (χ4n) is 0. The molecule has 0 saturated heterocycles. The summed E-state index contributed by atoms with van der Waals surface area (Å²) in [5, 5.41) is 0. The van der Waals surface area contributed by atoms with E-state index in [9.17, 15) is 0 Å². The molecule has 2 unspecified atom stereocenters. The van der Waals surface area contributed by atoms with E-state index in [1.807, 2.05) is 0 Å². The van der Waals surface area contributed by atoms with E-state index < -0.39 is 0 Å². The summed E-state index contributed by atoms with van der Waals surface area (Å²) >= 11 is 0. The number of hydrogen-bond donors (Lipinski definition) is 0. The molecular formula is C2H11OP2Rh. The molecule has 0 aromatic carbocycles. The molecule has 0 heterocycles. The van der Waals surface area contributed by atoms with Crippen molar-refractivity contribution in [1.82, 2.24) is 0 Å². The Hall–Kier alpha value is 1.15. The van der Waals surface area contributed by atoms with E-state index in [4.69, 9.17) is 4.79 Å². The molecule has 0 spiro atoms. The quantitative estimate of drug-likeness (QED) is 0.241. The van der Waals surface area contributed by atoms with Crippen molar-refractivity contribution in [3.8, 4) is 0 Å². The monoisotopic (exact) mass is 216 g/mol. The van der Waals surface area contributed by atoms with E-state index in [2.05, 4.69) is 6.79 Å². The van der Waals surface area contributed by atoms with Gasteiger partial charge in [-0.15, -0.1) is 0 Å². The zero-order chi connectivity index (χ0) is 2.00. The van der Waals surface area contributed by atoms with Crippen LogP contribution in [0.25, 0.3) is 0 Å². The van der Waals surface area contributed by atoms with Crippen molar-refractivity contribution in [2.24, 2.45) is 0 Å². The molecule has 0 aliphatic rings. The van der Waals surface area contributed by atoms with Gasteiger partial charge in [0, 0.05) is 0 Å². The molecule has 0 aliphatic carbocycles. The summed E-state index contributed by atoms with van der Waals surface area (Å²) in [6, 6.07) is 0. The molecule has 2 atom stereocenters. The Labute approximate surface area is 58.7 Å². The van der Waals surface area contributed by atoms with Crippen molar-refractivity contribution in [2.45, 2.75) is 0 Å². The van der Waals surface area contributed by atoms with Crippen LogP contribution in [0.3, 0.4) is 0 Å². The molecule has 0 saturated carbocycles. The molecule has 0 N–H and O–H groups in total. The van der Waals surface area contributed by atoms with Crippen LogP contribution < -0.4 is 0 Å². The first kappa shape index (κ1) is 58.4. The Morgan fingerprint density at radius 1 is 1.00 bits per heavy atom. The van der Waals surface area contributed by atoms with Crippen LogP contribution in [0.2, 0.25) is 0 Å². The van der Waals surface area contributed by atoms with E-state index in [-0.39, 0.29) is 46.7 Å².